The van der Waals surface area contributed by atoms with Gasteiger partial charge in [-0.15, -0.1) is 0 Å². The topological polar surface area (TPSA) is 104 Å². The monoisotopic (exact) mass is 499 g/mol. The van der Waals surface area contributed by atoms with E-state index in [0.717, 1.165) is 40.7 Å². The Morgan fingerprint density at radius 2 is 2.08 bits per heavy atom. The number of aryl methyl sites for hydroxylation is 1. The zero-order chi connectivity index (χ0) is 25.0. The Kier molecular flexibility index (Phi) is 5.27. The molecule has 180 valence electrons. The summed E-state index contributed by atoms with van der Waals surface area (Å²) in [6.45, 7) is 0.949. The number of fused-ring (bicyclic) bond motifs is 2. The quantitative estimate of drug-likeness (QED) is 0.348. The number of rotatable bonds is 6. The summed E-state index contributed by atoms with van der Waals surface area (Å²) >= 11 is 6.31. The van der Waals surface area contributed by atoms with E-state index in [9.17, 15) is 10.1 Å². The van der Waals surface area contributed by atoms with Gasteiger partial charge in [0.15, 0.2) is 5.65 Å². The van der Waals surface area contributed by atoms with E-state index in [2.05, 4.69) is 16.0 Å². The Balaban J connectivity index is 1.65. The van der Waals surface area contributed by atoms with Gasteiger partial charge in [-0.05, 0) is 54.7 Å². The Bertz CT molecular complexity index is 1750. The van der Waals surface area contributed by atoms with Crippen LogP contribution in [-0.4, -0.2) is 36.0 Å². The highest BCUT2D eigenvalue weighted by atomic mass is 35.5. The summed E-state index contributed by atoms with van der Waals surface area (Å²) in [5.74, 6) is 0.659. The molecule has 1 fully saturated rings. The molecule has 0 amide bonds. The van der Waals surface area contributed by atoms with Crippen molar-refractivity contribution in [2.75, 3.05) is 7.11 Å². The molecule has 0 spiro atoms. The standard InChI is InChI=1S/C26H22ClN7O2/c1-32-12-16(11-28)9-21(32)23-22-24(33(13-15-3-4-15)26(35)30-25(22)36-2)31-34(23)14-17-7-8-29-20-6-5-18(27)10-19(17)20/h5-10,12,15H,3-4,13-14H2,1-2H3. The largest absolute Gasteiger partial charge is 0.480 e. The lowest BCUT2D eigenvalue weighted by atomic mass is 10.1. The van der Waals surface area contributed by atoms with E-state index in [-0.39, 0.29) is 11.6 Å². The van der Waals surface area contributed by atoms with Crippen LogP contribution in [0.15, 0.2) is 47.5 Å². The highest BCUT2D eigenvalue weighted by Gasteiger charge is 2.28. The average Bonchev–Trinajstić information content (AvgIpc) is 3.51. The Morgan fingerprint density at radius 1 is 1.25 bits per heavy atom. The Hall–Kier alpha value is -4.16. The lowest BCUT2D eigenvalue weighted by Gasteiger charge is -2.12. The van der Waals surface area contributed by atoms with E-state index in [0.29, 0.717) is 40.6 Å². The summed E-state index contributed by atoms with van der Waals surface area (Å²) in [5.41, 5.74) is 3.93. The number of ether oxygens (including phenoxy) is 1. The minimum atomic E-state index is -0.381. The van der Waals surface area contributed by atoms with Crippen molar-refractivity contribution in [3.8, 4) is 23.3 Å². The molecule has 1 saturated carbocycles. The SMILES string of the molecule is COc1nc(=O)n(CC2CC2)c2nn(Cc3ccnc4ccc(Cl)cc34)c(-c3cc(C#N)cn3C)c12. The number of nitrogens with zero attached hydrogens (tertiary/aromatic N) is 7. The number of methoxy groups -OCH3 is 1. The first-order chi connectivity index (χ1) is 17.5. The van der Waals surface area contributed by atoms with Gasteiger partial charge in [0.05, 0.1) is 30.4 Å². The normalized spacial score (nSPS) is 13.4. The van der Waals surface area contributed by atoms with Gasteiger partial charge in [0.25, 0.3) is 0 Å². The molecule has 1 aromatic carbocycles. The molecule has 4 heterocycles. The van der Waals surface area contributed by atoms with Crippen LogP contribution in [0, 0.1) is 17.2 Å². The van der Waals surface area contributed by atoms with Gasteiger partial charge in [-0.25, -0.2) is 4.79 Å². The fraction of sp³-hybridized carbons (Fsp3) is 0.269. The Morgan fingerprint density at radius 3 is 2.81 bits per heavy atom. The van der Waals surface area contributed by atoms with E-state index in [4.69, 9.17) is 21.4 Å². The van der Waals surface area contributed by atoms with Gasteiger partial charge in [0.1, 0.15) is 17.1 Å². The zero-order valence-corrected chi connectivity index (χ0v) is 20.5. The van der Waals surface area contributed by atoms with E-state index in [1.54, 1.807) is 17.0 Å². The molecule has 1 aliphatic carbocycles. The maximum absolute atomic E-state index is 13.0. The van der Waals surface area contributed by atoms with Crippen molar-refractivity contribution in [3.63, 3.8) is 0 Å². The molecule has 0 saturated heterocycles. The molecular formula is C26H22ClN7O2. The number of benzene rings is 1. The molecule has 6 rings (SSSR count). The van der Waals surface area contributed by atoms with Gasteiger partial charge >= 0.3 is 5.69 Å². The van der Waals surface area contributed by atoms with Crippen molar-refractivity contribution in [1.29, 1.82) is 5.26 Å². The summed E-state index contributed by atoms with van der Waals surface area (Å²) < 4.78 is 11.0. The minimum Gasteiger partial charge on any atom is -0.480 e. The molecule has 0 aliphatic heterocycles. The van der Waals surface area contributed by atoms with Crippen molar-refractivity contribution < 1.29 is 4.74 Å². The number of pyridine rings is 1. The second-order valence-corrected chi connectivity index (χ2v) is 9.57. The third kappa shape index (κ3) is 3.71. The summed E-state index contributed by atoms with van der Waals surface area (Å²) in [7, 11) is 3.37. The smallest absolute Gasteiger partial charge is 0.352 e. The van der Waals surface area contributed by atoms with Gasteiger partial charge < -0.3 is 9.30 Å². The number of hydrogen-bond donors (Lipinski definition) is 0. The summed E-state index contributed by atoms with van der Waals surface area (Å²) in [6, 6.07) is 11.5. The molecular weight excluding hydrogens is 478 g/mol. The van der Waals surface area contributed by atoms with E-state index >= 15 is 0 Å². The number of halogens is 1. The fourth-order valence-electron chi connectivity index (χ4n) is 4.71. The first-order valence-corrected chi connectivity index (χ1v) is 12.0. The summed E-state index contributed by atoms with van der Waals surface area (Å²) in [4.78, 5) is 21.7. The second-order valence-electron chi connectivity index (χ2n) is 9.13. The highest BCUT2D eigenvalue weighted by Crippen LogP contribution is 2.37. The highest BCUT2D eigenvalue weighted by molar-refractivity contribution is 6.31. The lowest BCUT2D eigenvalue weighted by Crippen LogP contribution is -2.24. The van der Waals surface area contributed by atoms with Gasteiger partial charge in [-0.1, -0.05) is 11.6 Å². The molecule has 0 radical (unpaired) electrons. The molecule has 0 unspecified atom stereocenters. The van der Waals surface area contributed by atoms with Crippen molar-refractivity contribution in [2.45, 2.75) is 25.9 Å². The van der Waals surface area contributed by atoms with Crippen molar-refractivity contribution in [1.82, 2.24) is 28.9 Å². The lowest BCUT2D eigenvalue weighted by molar-refractivity contribution is 0.398. The number of nitriles is 1. The maximum Gasteiger partial charge on any atom is 0.352 e. The van der Waals surface area contributed by atoms with Crippen LogP contribution in [0.1, 0.15) is 24.0 Å². The molecule has 10 heteroatoms. The third-order valence-corrected chi connectivity index (χ3v) is 6.89. The predicted octanol–water partition coefficient (Wildman–Crippen LogP) is 4.14. The van der Waals surface area contributed by atoms with Gasteiger partial charge in [-0.2, -0.15) is 15.3 Å². The van der Waals surface area contributed by atoms with Gasteiger partial charge in [0.2, 0.25) is 5.88 Å². The van der Waals surface area contributed by atoms with Gasteiger partial charge in [-0.3, -0.25) is 14.2 Å². The minimum absolute atomic E-state index is 0.214. The first-order valence-electron chi connectivity index (χ1n) is 11.6. The molecule has 5 aromatic rings. The molecule has 1 aliphatic rings. The molecule has 0 bridgehead atoms. The van der Waals surface area contributed by atoms with Crippen LogP contribution >= 0.6 is 11.6 Å². The molecule has 9 nitrogen and oxygen atoms in total. The average molecular weight is 500 g/mol. The second kappa shape index (κ2) is 8.50. The Labute approximate surface area is 211 Å². The van der Waals surface area contributed by atoms with Crippen molar-refractivity contribution in [2.24, 2.45) is 13.0 Å². The van der Waals surface area contributed by atoms with Crippen molar-refractivity contribution in [3.05, 3.63) is 69.4 Å². The number of hydrogen-bond acceptors (Lipinski definition) is 6. The summed E-state index contributed by atoms with van der Waals surface area (Å²) in [6.07, 6.45) is 5.69. The fourth-order valence-corrected chi connectivity index (χ4v) is 4.88. The number of aromatic nitrogens is 6. The molecule has 0 atom stereocenters. The molecule has 36 heavy (non-hydrogen) atoms. The predicted molar refractivity (Wildman–Crippen MR) is 136 cm³/mol. The van der Waals surface area contributed by atoms with Gasteiger partial charge in [0, 0.05) is 36.4 Å². The van der Waals surface area contributed by atoms with Crippen molar-refractivity contribution >= 4 is 33.5 Å². The van der Waals surface area contributed by atoms with E-state index < -0.39 is 0 Å². The van der Waals surface area contributed by atoms with Crippen LogP contribution in [0.5, 0.6) is 5.88 Å². The van der Waals surface area contributed by atoms with Crippen LogP contribution < -0.4 is 10.4 Å². The van der Waals surface area contributed by atoms with Crippen LogP contribution in [-0.2, 0) is 20.1 Å². The van der Waals surface area contributed by atoms with Crippen LogP contribution in [0.3, 0.4) is 0 Å². The van der Waals surface area contributed by atoms with Crippen LogP contribution in [0.2, 0.25) is 5.02 Å². The molecule has 4 aromatic heterocycles. The molecule has 0 N–H and O–H groups in total. The maximum atomic E-state index is 13.0. The zero-order valence-electron chi connectivity index (χ0n) is 19.8. The van der Waals surface area contributed by atoms with Crippen LogP contribution in [0.25, 0.3) is 33.3 Å². The summed E-state index contributed by atoms with van der Waals surface area (Å²) in [5, 5.41) is 16.7. The van der Waals surface area contributed by atoms with E-state index in [1.165, 1.54) is 7.11 Å². The first kappa shape index (κ1) is 22.3. The third-order valence-electron chi connectivity index (χ3n) is 6.65. The van der Waals surface area contributed by atoms with Crippen LogP contribution in [0.4, 0.5) is 0 Å². The van der Waals surface area contributed by atoms with E-state index in [1.807, 2.05) is 46.6 Å².